The van der Waals surface area contributed by atoms with E-state index in [4.69, 9.17) is 4.74 Å². The predicted octanol–water partition coefficient (Wildman–Crippen LogP) is 1.66. The lowest BCUT2D eigenvalue weighted by Gasteiger charge is -2.30. The molecule has 2 aliphatic rings. The summed E-state index contributed by atoms with van der Waals surface area (Å²) in [4.78, 5) is 31.2. The number of benzene rings is 1. The number of anilines is 1. The van der Waals surface area contributed by atoms with Crippen LogP contribution in [0.3, 0.4) is 0 Å². The average Bonchev–Trinajstić information content (AvgIpc) is 3.29. The van der Waals surface area contributed by atoms with Gasteiger partial charge in [-0.3, -0.25) is 4.79 Å². The van der Waals surface area contributed by atoms with Crippen molar-refractivity contribution in [2.75, 3.05) is 25.2 Å². The maximum Gasteiger partial charge on any atom is 0.342 e. The minimum absolute atomic E-state index is 0.183. The number of carbonyl (C=O) groups excluding carboxylic acids is 2. The van der Waals surface area contributed by atoms with Crippen molar-refractivity contribution in [3.63, 3.8) is 0 Å². The van der Waals surface area contributed by atoms with E-state index >= 15 is 0 Å². The molecular formula is C26H24FN5O4. The number of hydrogen-bond acceptors (Lipinski definition) is 6. The average molecular weight is 490 g/mol. The molecule has 0 radical (unpaired) electrons. The van der Waals surface area contributed by atoms with E-state index in [0.717, 1.165) is 10.2 Å². The maximum absolute atomic E-state index is 13.8. The fourth-order valence-corrected chi connectivity index (χ4v) is 4.18. The SMILES string of the molecule is CN1C(=O)[C@H](NC(=O)n2cc(Cc3cccnc3F)cn2)CCc2ccc(C#CC3(O)COC3)cc21. The number of carbonyl (C=O) groups is 2. The van der Waals surface area contributed by atoms with Gasteiger partial charge in [0, 0.05) is 42.7 Å². The number of nitrogens with one attached hydrogen (secondary N) is 1. The van der Waals surface area contributed by atoms with Crippen LogP contribution in [0.2, 0.25) is 0 Å². The van der Waals surface area contributed by atoms with Crippen molar-refractivity contribution in [3.8, 4) is 11.8 Å². The molecule has 9 nitrogen and oxygen atoms in total. The van der Waals surface area contributed by atoms with Crippen LogP contribution in [-0.2, 0) is 22.4 Å². The number of aromatic nitrogens is 3. The summed E-state index contributed by atoms with van der Waals surface area (Å²) in [5.41, 5.74) is 2.25. The zero-order chi connectivity index (χ0) is 25.3. The summed E-state index contributed by atoms with van der Waals surface area (Å²) >= 11 is 0. The molecule has 2 aromatic heterocycles. The van der Waals surface area contributed by atoms with Crippen molar-refractivity contribution in [3.05, 3.63) is 77.1 Å². The van der Waals surface area contributed by atoms with Crippen molar-refractivity contribution in [1.82, 2.24) is 20.1 Å². The molecule has 0 spiro atoms. The van der Waals surface area contributed by atoms with Crippen LogP contribution in [0.1, 0.15) is 28.7 Å². The monoisotopic (exact) mass is 489 g/mol. The molecule has 0 saturated carbocycles. The van der Waals surface area contributed by atoms with Gasteiger partial charge in [-0.2, -0.15) is 14.2 Å². The molecule has 4 heterocycles. The van der Waals surface area contributed by atoms with E-state index in [-0.39, 0.29) is 25.5 Å². The molecular weight excluding hydrogens is 465 g/mol. The number of ether oxygens (including phenoxy) is 1. The van der Waals surface area contributed by atoms with Gasteiger partial charge in [-0.1, -0.05) is 24.0 Å². The molecule has 0 unspecified atom stereocenters. The van der Waals surface area contributed by atoms with E-state index in [2.05, 4.69) is 27.2 Å². The first-order valence-corrected chi connectivity index (χ1v) is 11.5. The Morgan fingerprint density at radius 2 is 2.19 bits per heavy atom. The molecule has 1 atom stereocenters. The number of fused-ring (bicyclic) bond motifs is 1. The Morgan fingerprint density at radius 3 is 2.94 bits per heavy atom. The van der Waals surface area contributed by atoms with Gasteiger partial charge in [0.2, 0.25) is 11.9 Å². The summed E-state index contributed by atoms with van der Waals surface area (Å²) in [5, 5.41) is 17.0. The highest BCUT2D eigenvalue weighted by atomic mass is 19.1. The van der Waals surface area contributed by atoms with Gasteiger partial charge < -0.3 is 20.1 Å². The third-order valence-corrected chi connectivity index (χ3v) is 6.27. The van der Waals surface area contributed by atoms with E-state index in [1.807, 2.05) is 18.2 Å². The van der Waals surface area contributed by atoms with Crippen LogP contribution in [0.4, 0.5) is 14.9 Å². The zero-order valence-electron chi connectivity index (χ0n) is 19.6. The van der Waals surface area contributed by atoms with Crippen LogP contribution in [-0.4, -0.2) is 63.7 Å². The van der Waals surface area contributed by atoms with Crippen LogP contribution >= 0.6 is 0 Å². The summed E-state index contributed by atoms with van der Waals surface area (Å²) in [6, 6.07) is 7.54. The largest absolute Gasteiger partial charge is 0.373 e. The standard InChI is InChI=1S/C26H24FN5O4/c1-31-22-12-17(8-9-26(35)15-36-16-26)4-5-19(22)6-7-21(24(31)33)30-25(34)32-14-18(13-29-32)11-20-3-2-10-28-23(20)27/h2-5,10,12-14,21,35H,6-7,11,15-16H2,1H3,(H,30,34)/t21-/m1/s1. The number of rotatable bonds is 3. The third kappa shape index (κ3) is 4.84. The molecule has 2 N–H and O–H groups in total. The molecule has 5 rings (SSSR count). The van der Waals surface area contributed by atoms with Gasteiger partial charge in [-0.15, -0.1) is 0 Å². The van der Waals surface area contributed by atoms with Crippen molar-refractivity contribution in [1.29, 1.82) is 0 Å². The van der Waals surface area contributed by atoms with E-state index < -0.39 is 23.6 Å². The van der Waals surface area contributed by atoms with Gasteiger partial charge in [-0.05, 0) is 42.2 Å². The summed E-state index contributed by atoms with van der Waals surface area (Å²) in [6.07, 6.45) is 5.59. The number of hydrogen-bond donors (Lipinski definition) is 2. The number of halogens is 1. The number of likely N-dealkylation sites (N-methyl/N-ethyl adjacent to an activating group) is 1. The van der Waals surface area contributed by atoms with Crippen molar-refractivity contribution >= 4 is 17.6 Å². The Hall–Kier alpha value is -4.07. The Morgan fingerprint density at radius 1 is 1.36 bits per heavy atom. The topological polar surface area (TPSA) is 110 Å². The van der Waals surface area contributed by atoms with Gasteiger partial charge in [0.05, 0.1) is 19.4 Å². The highest BCUT2D eigenvalue weighted by Crippen LogP contribution is 2.27. The first-order chi connectivity index (χ1) is 17.3. The second-order valence-corrected chi connectivity index (χ2v) is 8.98. The number of amides is 2. The van der Waals surface area contributed by atoms with E-state index in [1.165, 1.54) is 23.5 Å². The fraction of sp³-hybridized carbons (Fsp3) is 0.308. The molecule has 0 aliphatic carbocycles. The second kappa shape index (κ2) is 9.53. The minimum Gasteiger partial charge on any atom is -0.373 e. The van der Waals surface area contributed by atoms with Gasteiger partial charge in [0.1, 0.15) is 6.04 Å². The van der Waals surface area contributed by atoms with E-state index in [0.29, 0.717) is 35.2 Å². The Balaban J connectivity index is 1.27. The minimum atomic E-state index is -1.12. The summed E-state index contributed by atoms with van der Waals surface area (Å²) in [5.74, 6) is 4.95. The third-order valence-electron chi connectivity index (χ3n) is 6.27. The Kier molecular flexibility index (Phi) is 6.26. The summed E-state index contributed by atoms with van der Waals surface area (Å²) in [6.45, 7) is 0.367. The van der Waals surface area contributed by atoms with Crippen LogP contribution in [0, 0.1) is 17.8 Å². The van der Waals surface area contributed by atoms with Crippen LogP contribution in [0.5, 0.6) is 0 Å². The molecule has 184 valence electrons. The van der Waals surface area contributed by atoms with E-state index in [9.17, 15) is 19.1 Å². The smallest absolute Gasteiger partial charge is 0.342 e. The Bertz CT molecular complexity index is 1390. The molecule has 1 fully saturated rings. The molecule has 10 heteroatoms. The molecule has 2 amide bonds. The number of aryl methyl sites for hydroxylation is 1. The van der Waals surface area contributed by atoms with Crippen LogP contribution < -0.4 is 10.2 Å². The lowest BCUT2D eigenvalue weighted by atomic mass is 10.0. The predicted molar refractivity (Wildman–Crippen MR) is 128 cm³/mol. The number of nitrogens with zero attached hydrogens (tertiary/aromatic N) is 4. The first kappa shape index (κ1) is 23.7. The van der Waals surface area contributed by atoms with Gasteiger partial charge in [-0.25, -0.2) is 9.78 Å². The lowest BCUT2D eigenvalue weighted by molar-refractivity contribution is -0.140. The zero-order valence-corrected chi connectivity index (χ0v) is 19.6. The fourth-order valence-electron chi connectivity index (χ4n) is 4.18. The molecule has 36 heavy (non-hydrogen) atoms. The highest BCUT2D eigenvalue weighted by Gasteiger charge is 2.34. The molecule has 1 aromatic carbocycles. The highest BCUT2D eigenvalue weighted by molar-refractivity contribution is 6.00. The molecule has 2 aliphatic heterocycles. The van der Waals surface area contributed by atoms with Crippen molar-refractivity contribution in [2.45, 2.75) is 30.9 Å². The van der Waals surface area contributed by atoms with Gasteiger partial charge in [0.15, 0.2) is 5.60 Å². The second-order valence-electron chi connectivity index (χ2n) is 8.98. The normalized spacial score (nSPS) is 18.4. The first-order valence-electron chi connectivity index (χ1n) is 11.5. The van der Waals surface area contributed by atoms with Gasteiger partial charge in [0.25, 0.3) is 0 Å². The Labute approximate surface area is 206 Å². The van der Waals surface area contributed by atoms with E-state index in [1.54, 1.807) is 19.2 Å². The molecule has 3 aromatic rings. The van der Waals surface area contributed by atoms with Crippen molar-refractivity contribution in [2.24, 2.45) is 0 Å². The maximum atomic E-state index is 13.8. The number of pyridine rings is 1. The van der Waals surface area contributed by atoms with Crippen LogP contribution in [0.15, 0.2) is 48.9 Å². The molecule has 1 saturated heterocycles. The molecule has 0 bridgehead atoms. The lowest BCUT2D eigenvalue weighted by Crippen LogP contribution is -2.48. The number of aliphatic hydroxyl groups is 1. The summed E-state index contributed by atoms with van der Waals surface area (Å²) in [7, 11) is 1.66. The summed E-state index contributed by atoms with van der Waals surface area (Å²) < 4.78 is 20.0. The van der Waals surface area contributed by atoms with Gasteiger partial charge >= 0.3 is 6.03 Å². The van der Waals surface area contributed by atoms with Crippen molar-refractivity contribution < 1.29 is 23.8 Å². The quantitative estimate of drug-likeness (QED) is 0.428. The van der Waals surface area contributed by atoms with Crippen LogP contribution in [0.25, 0.3) is 0 Å².